The first-order chi connectivity index (χ1) is 10.1. The van der Waals surface area contributed by atoms with E-state index in [1.54, 1.807) is 25.3 Å². The molecule has 3 rings (SSSR count). The number of nitrogens with one attached hydrogen (secondary N) is 1. The van der Waals surface area contributed by atoms with Gasteiger partial charge >= 0.3 is 5.69 Å². The minimum atomic E-state index is -0.420. The van der Waals surface area contributed by atoms with Gasteiger partial charge in [-0.15, -0.1) is 11.3 Å². The topological polar surface area (TPSA) is 81.0 Å². The Hall–Kier alpha value is -2.54. The summed E-state index contributed by atoms with van der Waals surface area (Å²) in [4.78, 5) is 19.4. The number of aromatic nitrogens is 2. The molecule has 0 bridgehead atoms. The molecule has 6 nitrogen and oxygen atoms in total. The number of rotatable bonds is 3. The summed E-state index contributed by atoms with van der Waals surface area (Å²) in [6, 6.07) is 7.70. The highest BCUT2D eigenvalue weighted by molar-refractivity contribution is 7.17. The fraction of sp³-hybridized carbons (Fsp3) is 0.143. The van der Waals surface area contributed by atoms with E-state index in [0.717, 1.165) is 15.6 Å². The highest BCUT2D eigenvalue weighted by Gasteiger charge is 2.24. The number of thiophene rings is 1. The van der Waals surface area contributed by atoms with Crippen LogP contribution >= 0.6 is 11.3 Å². The second-order valence-electron chi connectivity index (χ2n) is 4.48. The van der Waals surface area contributed by atoms with Crippen LogP contribution < -0.4 is 5.32 Å². The van der Waals surface area contributed by atoms with E-state index in [9.17, 15) is 10.1 Å². The number of nitrogens with zero attached hydrogens (tertiary/aromatic N) is 3. The van der Waals surface area contributed by atoms with Crippen molar-refractivity contribution in [2.75, 3.05) is 12.4 Å². The van der Waals surface area contributed by atoms with Crippen molar-refractivity contribution in [2.24, 2.45) is 0 Å². The van der Waals surface area contributed by atoms with Crippen molar-refractivity contribution in [1.82, 2.24) is 9.97 Å². The summed E-state index contributed by atoms with van der Waals surface area (Å²) in [5.41, 5.74) is 1.42. The lowest BCUT2D eigenvalue weighted by Gasteiger charge is -2.08. The Morgan fingerprint density at radius 3 is 2.81 bits per heavy atom. The fourth-order valence-corrected chi connectivity index (χ4v) is 3.18. The van der Waals surface area contributed by atoms with Crippen molar-refractivity contribution in [3.8, 4) is 11.3 Å². The molecule has 0 unspecified atom stereocenters. The SMILES string of the molecule is CNc1nc(C)c([N+](=O)[O-])c(-c2cccc3ccsc23)n1. The molecule has 0 saturated heterocycles. The van der Waals surface area contributed by atoms with Crippen molar-refractivity contribution < 1.29 is 4.92 Å². The van der Waals surface area contributed by atoms with E-state index in [2.05, 4.69) is 15.3 Å². The summed E-state index contributed by atoms with van der Waals surface area (Å²) in [7, 11) is 1.69. The van der Waals surface area contributed by atoms with Crippen LogP contribution in [-0.2, 0) is 0 Å². The zero-order chi connectivity index (χ0) is 15.0. The minimum Gasteiger partial charge on any atom is -0.357 e. The van der Waals surface area contributed by atoms with Crippen LogP contribution in [0, 0.1) is 17.0 Å². The van der Waals surface area contributed by atoms with Gasteiger partial charge in [0.05, 0.1) is 4.92 Å². The molecule has 1 aromatic carbocycles. The molecule has 0 amide bonds. The minimum absolute atomic E-state index is 0.0464. The standard InChI is InChI=1S/C14H12N4O2S/c1-8-12(18(19)20)11(17-14(15-2)16-8)10-5-3-4-9-6-7-21-13(9)10/h3-7H,1-2H3,(H,15,16,17). The summed E-state index contributed by atoms with van der Waals surface area (Å²) in [6.45, 7) is 1.62. The van der Waals surface area contributed by atoms with Crippen molar-refractivity contribution in [3.05, 3.63) is 45.5 Å². The van der Waals surface area contributed by atoms with Gasteiger partial charge in [0.15, 0.2) is 5.69 Å². The number of nitro groups is 1. The average molecular weight is 300 g/mol. The molecule has 1 N–H and O–H groups in total. The number of benzene rings is 1. The molecule has 0 saturated carbocycles. The molecule has 0 spiro atoms. The monoisotopic (exact) mass is 300 g/mol. The lowest BCUT2D eigenvalue weighted by molar-refractivity contribution is -0.385. The number of hydrogen-bond donors (Lipinski definition) is 1. The first-order valence-electron chi connectivity index (χ1n) is 6.29. The van der Waals surface area contributed by atoms with Crippen molar-refractivity contribution in [3.63, 3.8) is 0 Å². The molecule has 2 aromatic heterocycles. The van der Waals surface area contributed by atoms with Gasteiger partial charge in [0.2, 0.25) is 5.95 Å². The molecular weight excluding hydrogens is 288 g/mol. The maximum absolute atomic E-state index is 11.4. The van der Waals surface area contributed by atoms with E-state index >= 15 is 0 Å². The zero-order valence-electron chi connectivity index (χ0n) is 11.5. The van der Waals surface area contributed by atoms with E-state index in [1.165, 1.54) is 0 Å². The van der Waals surface area contributed by atoms with Crippen LogP contribution in [0.3, 0.4) is 0 Å². The van der Waals surface area contributed by atoms with Crippen LogP contribution in [-0.4, -0.2) is 21.9 Å². The van der Waals surface area contributed by atoms with Gasteiger partial charge in [-0.25, -0.2) is 9.97 Å². The lowest BCUT2D eigenvalue weighted by Crippen LogP contribution is -2.05. The van der Waals surface area contributed by atoms with E-state index in [-0.39, 0.29) is 5.69 Å². The summed E-state index contributed by atoms with van der Waals surface area (Å²) in [6.07, 6.45) is 0. The zero-order valence-corrected chi connectivity index (χ0v) is 12.3. The highest BCUT2D eigenvalue weighted by Crippen LogP contribution is 2.37. The Balaban J connectivity index is 2.37. The number of fused-ring (bicyclic) bond motifs is 1. The molecule has 0 aliphatic rings. The molecule has 106 valence electrons. The van der Waals surface area contributed by atoms with Gasteiger partial charge in [-0.3, -0.25) is 10.1 Å². The van der Waals surface area contributed by atoms with Gasteiger partial charge in [-0.1, -0.05) is 18.2 Å². The van der Waals surface area contributed by atoms with Crippen molar-refractivity contribution in [1.29, 1.82) is 0 Å². The number of hydrogen-bond acceptors (Lipinski definition) is 6. The smallest absolute Gasteiger partial charge is 0.316 e. The van der Waals surface area contributed by atoms with Crippen LogP contribution in [0.15, 0.2) is 29.6 Å². The first-order valence-corrected chi connectivity index (χ1v) is 7.17. The molecule has 21 heavy (non-hydrogen) atoms. The van der Waals surface area contributed by atoms with Gasteiger partial charge in [-0.2, -0.15) is 0 Å². The number of aryl methyl sites for hydroxylation is 1. The molecule has 2 heterocycles. The summed E-state index contributed by atoms with van der Waals surface area (Å²) in [5, 5.41) is 17.3. The van der Waals surface area contributed by atoms with E-state index in [0.29, 0.717) is 17.3 Å². The van der Waals surface area contributed by atoms with Crippen molar-refractivity contribution >= 4 is 33.1 Å². The average Bonchev–Trinajstić information content (AvgIpc) is 2.94. The highest BCUT2D eigenvalue weighted by atomic mass is 32.1. The number of anilines is 1. The molecule has 0 fully saturated rings. The van der Waals surface area contributed by atoms with Gasteiger partial charge in [0.25, 0.3) is 0 Å². The van der Waals surface area contributed by atoms with Gasteiger partial charge in [0.1, 0.15) is 5.69 Å². The Morgan fingerprint density at radius 2 is 2.10 bits per heavy atom. The van der Waals surface area contributed by atoms with Crippen molar-refractivity contribution in [2.45, 2.75) is 6.92 Å². The summed E-state index contributed by atoms with van der Waals surface area (Å²) < 4.78 is 0.987. The van der Waals surface area contributed by atoms with Gasteiger partial charge < -0.3 is 5.32 Å². The van der Waals surface area contributed by atoms with E-state index in [1.807, 2.05) is 29.6 Å². The third kappa shape index (κ3) is 2.21. The molecule has 0 aliphatic heterocycles. The van der Waals surface area contributed by atoms with Gasteiger partial charge in [-0.05, 0) is 23.8 Å². The first kappa shape index (κ1) is 13.4. The van der Waals surface area contributed by atoms with Crippen LogP contribution in [0.1, 0.15) is 5.69 Å². The predicted octanol–water partition coefficient (Wildman–Crippen LogP) is 3.62. The Labute approximate surface area is 124 Å². The molecule has 7 heteroatoms. The Bertz CT molecular complexity index is 844. The Morgan fingerprint density at radius 1 is 1.29 bits per heavy atom. The molecule has 0 atom stereocenters. The third-order valence-electron chi connectivity index (χ3n) is 3.20. The summed E-state index contributed by atoms with van der Waals surface area (Å²) in [5.74, 6) is 0.377. The predicted molar refractivity (Wildman–Crippen MR) is 83.8 cm³/mol. The van der Waals surface area contributed by atoms with Crippen LogP contribution in [0.2, 0.25) is 0 Å². The Kier molecular flexibility index (Phi) is 3.26. The maximum Gasteiger partial charge on any atom is 0.316 e. The largest absolute Gasteiger partial charge is 0.357 e. The molecule has 0 radical (unpaired) electrons. The second kappa shape index (κ2) is 5.10. The third-order valence-corrected chi connectivity index (χ3v) is 4.16. The molecule has 0 aliphatic carbocycles. The van der Waals surface area contributed by atoms with Crippen LogP contribution in [0.4, 0.5) is 11.6 Å². The normalized spacial score (nSPS) is 10.8. The molecule has 3 aromatic rings. The fourth-order valence-electron chi connectivity index (χ4n) is 2.26. The van der Waals surface area contributed by atoms with Crippen LogP contribution in [0.5, 0.6) is 0 Å². The van der Waals surface area contributed by atoms with Gasteiger partial charge in [0, 0.05) is 17.3 Å². The van der Waals surface area contributed by atoms with Crippen LogP contribution in [0.25, 0.3) is 21.3 Å². The second-order valence-corrected chi connectivity index (χ2v) is 5.40. The van der Waals surface area contributed by atoms with E-state index in [4.69, 9.17) is 0 Å². The maximum atomic E-state index is 11.4. The summed E-state index contributed by atoms with van der Waals surface area (Å²) >= 11 is 1.55. The lowest BCUT2D eigenvalue weighted by atomic mass is 10.1. The molecular formula is C14H12N4O2S. The quantitative estimate of drug-likeness (QED) is 0.590. The van der Waals surface area contributed by atoms with E-state index < -0.39 is 4.92 Å².